The van der Waals surface area contributed by atoms with E-state index in [-0.39, 0.29) is 5.75 Å². The predicted molar refractivity (Wildman–Crippen MR) is 76.7 cm³/mol. The average molecular weight is 325 g/mol. The summed E-state index contributed by atoms with van der Waals surface area (Å²) in [6, 6.07) is 3.21. The van der Waals surface area contributed by atoms with Crippen molar-refractivity contribution < 1.29 is 9.84 Å². The molecule has 0 aliphatic carbocycles. The largest absolute Gasteiger partial charge is 0.504 e. The molecule has 0 fully saturated rings. The van der Waals surface area contributed by atoms with E-state index in [0.717, 1.165) is 10.2 Å². The van der Waals surface area contributed by atoms with Crippen molar-refractivity contribution in [2.45, 2.75) is 6.92 Å². The standard InChI is InChI=1S/C12H13BrN4O2/c1-7-6-17(12(14)16-7)15-5-8-3-10(18)11(19-2)4-9(8)13/h3-6,18H,1-2H3,(H2,14,16). The number of nitrogens with zero attached hydrogens (tertiary/aromatic N) is 3. The second kappa shape index (κ2) is 5.31. The predicted octanol–water partition coefficient (Wildman–Crippen LogP) is 2.13. The molecule has 1 aromatic heterocycles. The molecule has 0 bridgehead atoms. The van der Waals surface area contributed by atoms with Gasteiger partial charge in [0.25, 0.3) is 0 Å². The first-order valence-electron chi connectivity index (χ1n) is 5.43. The van der Waals surface area contributed by atoms with Crippen LogP contribution < -0.4 is 10.5 Å². The summed E-state index contributed by atoms with van der Waals surface area (Å²) >= 11 is 3.38. The Labute approximate surface area is 118 Å². The summed E-state index contributed by atoms with van der Waals surface area (Å²) in [4.78, 5) is 4.04. The lowest BCUT2D eigenvalue weighted by Gasteiger charge is -2.06. The molecule has 0 radical (unpaired) electrons. The van der Waals surface area contributed by atoms with E-state index in [4.69, 9.17) is 10.5 Å². The highest BCUT2D eigenvalue weighted by molar-refractivity contribution is 9.10. The Balaban J connectivity index is 2.33. The number of hydrogen-bond donors (Lipinski definition) is 2. The van der Waals surface area contributed by atoms with Gasteiger partial charge in [0.1, 0.15) is 0 Å². The number of benzene rings is 1. The molecule has 2 rings (SSSR count). The van der Waals surface area contributed by atoms with Gasteiger partial charge in [0.2, 0.25) is 5.95 Å². The zero-order chi connectivity index (χ0) is 14.0. The van der Waals surface area contributed by atoms with Crippen molar-refractivity contribution in [2.75, 3.05) is 12.8 Å². The van der Waals surface area contributed by atoms with Crippen molar-refractivity contribution in [2.24, 2.45) is 5.10 Å². The van der Waals surface area contributed by atoms with E-state index in [2.05, 4.69) is 26.0 Å². The molecule has 6 nitrogen and oxygen atoms in total. The minimum Gasteiger partial charge on any atom is -0.504 e. The molecule has 7 heteroatoms. The molecule has 1 aromatic carbocycles. The smallest absolute Gasteiger partial charge is 0.221 e. The van der Waals surface area contributed by atoms with Gasteiger partial charge in [0.15, 0.2) is 11.5 Å². The fourth-order valence-corrected chi connectivity index (χ4v) is 1.97. The van der Waals surface area contributed by atoms with Crippen LogP contribution in [-0.4, -0.2) is 28.1 Å². The van der Waals surface area contributed by atoms with E-state index in [9.17, 15) is 5.11 Å². The van der Waals surface area contributed by atoms with E-state index in [0.29, 0.717) is 17.3 Å². The van der Waals surface area contributed by atoms with Crippen LogP contribution in [0.25, 0.3) is 0 Å². The third-order valence-electron chi connectivity index (χ3n) is 2.45. The van der Waals surface area contributed by atoms with E-state index in [1.165, 1.54) is 11.8 Å². The van der Waals surface area contributed by atoms with E-state index < -0.39 is 0 Å². The number of aromatic nitrogens is 2. The fourth-order valence-electron chi connectivity index (χ4n) is 1.54. The van der Waals surface area contributed by atoms with Crippen molar-refractivity contribution >= 4 is 28.1 Å². The highest BCUT2D eigenvalue weighted by Crippen LogP contribution is 2.31. The zero-order valence-corrected chi connectivity index (χ0v) is 12.0. The number of hydrogen-bond acceptors (Lipinski definition) is 5. The molecule has 3 N–H and O–H groups in total. The van der Waals surface area contributed by atoms with Crippen LogP contribution in [0, 0.1) is 6.92 Å². The van der Waals surface area contributed by atoms with Gasteiger partial charge in [-0.25, -0.2) is 9.66 Å². The lowest BCUT2D eigenvalue weighted by molar-refractivity contribution is 0.373. The summed E-state index contributed by atoms with van der Waals surface area (Å²) in [5.74, 6) is 0.742. The summed E-state index contributed by atoms with van der Waals surface area (Å²) < 4.78 is 7.22. The van der Waals surface area contributed by atoms with Crippen LogP contribution in [0.2, 0.25) is 0 Å². The minimum absolute atomic E-state index is 0.0435. The van der Waals surface area contributed by atoms with E-state index in [1.54, 1.807) is 24.5 Å². The minimum atomic E-state index is 0.0435. The van der Waals surface area contributed by atoms with Crippen LogP contribution in [0.1, 0.15) is 11.3 Å². The second-order valence-corrected chi connectivity index (χ2v) is 4.73. The van der Waals surface area contributed by atoms with Gasteiger partial charge in [-0.05, 0) is 35.0 Å². The molecule has 2 aromatic rings. The summed E-state index contributed by atoms with van der Waals surface area (Å²) in [5, 5.41) is 13.9. The van der Waals surface area contributed by atoms with Crippen molar-refractivity contribution in [3.05, 3.63) is 34.1 Å². The number of rotatable bonds is 3. The summed E-state index contributed by atoms with van der Waals surface area (Å²) in [7, 11) is 1.49. The maximum Gasteiger partial charge on any atom is 0.221 e. The number of methoxy groups -OCH3 is 1. The molecule has 0 saturated heterocycles. The van der Waals surface area contributed by atoms with Gasteiger partial charge in [-0.15, -0.1) is 0 Å². The molecule has 0 saturated carbocycles. The van der Waals surface area contributed by atoms with Gasteiger partial charge in [-0.3, -0.25) is 0 Å². The number of anilines is 1. The second-order valence-electron chi connectivity index (χ2n) is 3.88. The van der Waals surface area contributed by atoms with Crippen LogP contribution in [-0.2, 0) is 0 Å². The van der Waals surface area contributed by atoms with Gasteiger partial charge in [0, 0.05) is 10.0 Å². The third-order valence-corrected chi connectivity index (χ3v) is 3.14. The Morgan fingerprint density at radius 1 is 1.53 bits per heavy atom. The molecular formula is C12H13BrN4O2. The molecule has 0 spiro atoms. The van der Waals surface area contributed by atoms with Crippen LogP contribution in [0.4, 0.5) is 5.95 Å². The Kier molecular flexibility index (Phi) is 3.75. The molecule has 0 aliphatic heterocycles. The van der Waals surface area contributed by atoms with Gasteiger partial charge in [-0.1, -0.05) is 0 Å². The topological polar surface area (TPSA) is 85.7 Å². The number of nitrogens with two attached hydrogens (primary N) is 1. The van der Waals surface area contributed by atoms with E-state index >= 15 is 0 Å². The maximum atomic E-state index is 9.72. The Morgan fingerprint density at radius 3 is 2.84 bits per heavy atom. The normalized spacial score (nSPS) is 11.1. The lowest BCUT2D eigenvalue weighted by Crippen LogP contribution is -1.97. The molecule has 1 heterocycles. The van der Waals surface area contributed by atoms with Gasteiger partial charge >= 0.3 is 0 Å². The first kappa shape index (κ1) is 13.4. The molecular weight excluding hydrogens is 312 g/mol. The van der Waals surface area contributed by atoms with E-state index in [1.807, 2.05) is 6.92 Å². The number of aryl methyl sites for hydroxylation is 1. The van der Waals surface area contributed by atoms with Gasteiger partial charge in [-0.2, -0.15) is 5.10 Å². The Bertz CT molecular complexity index is 637. The monoisotopic (exact) mass is 324 g/mol. The number of nitrogen functional groups attached to an aromatic ring is 1. The summed E-state index contributed by atoms with van der Waals surface area (Å²) in [5.41, 5.74) is 7.16. The first-order valence-corrected chi connectivity index (χ1v) is 6.23. The number of phenols is 1. The SMILES string of the molecule is COc1cc(Br)c(C=Nn2cc(C)nc2N)cc1O. The molecule has 100 valence electrons. The molecule has 0 unspecified atom stereocenters. The Morgan fingerprint density at radius 2 is 2.26 bits per heavy atom. The van der Waals surface area contributed by atoms with Gasteiger partial charge in [0.05, 0.1) is 25.2 Å². The van der Waals surface area contributed by atoms with Crippen LogP contribution in [0.5, 0.6) is 11.5 Å². The van der Waals surface area contributed by atoms with Crippen LogP contribution in [0.15, 0.2) is 27.9 Å². The Hall–Kier alpha value is -2.02. The number of halogens is 1. The molecule has 0 aliphatic rings. The van der Waals surface area contributed by atoms with Crippen LogP contribution in [0.3, 0.4) is 0 Å². The summed E-state index contributed by atoms with van der Waals surface area (Å²) in [6.07, 6.45) is 3.28. The maximum absolute atomic E-state index is 9.72. The molecule has 19 heavy (non-hydrogen) atoms. The zero-order valence-electron chi connectivity index (χ0n) is 10.5. The molecule has 0 atom stereocenters. The molecule has 0 amide bonds. The first-order chi connectivity index (χ1) is 9.01. The number of aromatic hydroxyl groups is 1. The fraction of sp³-hybridized carbons (Fsp3) is 0.167. The van der Waals surface area contributed by atoms with Crippen molar-refractivity contribution in [1.82, 2.24) is 9.66 Å². The quantitative estimate of drug-likeness (QED) is 0.847. The number of imidazole rings is 1. The summed E-state index contributed by atoms with van der Waals surface area (Å²) in [6.45, 7) is 1.83. The average Bonchev–Trinajstić information content (AvgIpc) is 2.68. The van der Waals surface area contributed by atoms with Crippen molar-refractivity contribution in [3.8, 4) is 11.5 Å². The van der Waals surface area contributed by atoms with Crippen molar-refractivity contribution in [3.63, 3.8) is 0 Å². The number of phenolic OH excluding ortho intramolecular Hbond substituents is 1. The lowest BCUT2D eigenvalue weighted by atomic mass is 10.2. The van der Waals surface area contributed by atoms with Crippen molar-refractivity contribution in [1.29, 1.82) is 0 Å². The third kappa shape index (κ3) is 2.87. The van der Waals surface area contributed by atoms with Crippen LogP contribution >= 0.6 is 15.9 Å². The highest BCUT2D eigenvalue weighted by Gasteiger charge is 2.07. The highest BCUT2D eigenvalue weighted by atomic mass is 79.9. The number of ether oxygens (including phenoxy) is 1. The van der Waals surface area contributed by atoms with Gasteiger partial charge < -0.3 is 15.6 Å².